The third-order valence-electron chi connectivity index (χ3n) is 5.82. The third kappa shape index (κ3) is 3.60. The van der Waals surface area contributed by atoms with Crippen LogP contribution in [0.5, 0.6) is 0 Å². The van der Waals surface area contributed by atoms with Crippen molar-refractivity contribution in [2.24, 2.45) is 0 Å². The van der Waals surface area contributed by atoms with Gasteiger partial charge in [-0.1, -0.05) is 84.4 Å². The Kier molecular flexibility index (Phi) is 5.08. The molecule has 0 aromatic heterocycles. The molecule has 5 heteroatoms. The summed E-state index contributed by atoms with van der Waals surface area (Å²) >= 11 is 0. The molecule has 162 valence electrons. The molecular formula is C27H26N2O3. The highest BCUT2D eigenvalue weighted by atomic mass is 16.8. The minimum Gasteiger partial charge on any atom is -0.269 e. The molecule has 0 radical (unpaired) electrons. The van der Waals surface area contributed by atoms with E-state index in [-0.39, 0.29) is 5.91 Å². The summed E-state index contributed by atoms with van der Waals surface area (Å²) in [6, 6.07) is 26.2. The molecule has 0 saturated carbocycles. The molecule has 3 aromatic rings. The topological polar surface area (TPSA) is 42.0 Å². The molecule has 2 heterocycles. The van der Waals surface area contributed by atoms with Crippen LogP contribution < -0.4 is 0 Å². The van der Waals surface area contributed by atoms with Crippen LogP contribution in [0.3, 0.4) is 0 Å². The number of hydrogen-bond acceptors (Lipinski definition) is 4. The van der Waals surface area contributed by atoms with E-state index in [2.05, 4.69) is 31.2 Å². The van der Waals surface area contributed by atoms with Crippen molar-refractivity contribution in [1.82, 2.24) is 10.1 Å². The Morgan fingerprint density at radius 1 is 0.969 bits per heavy atom. The van der Waals surface area contributed by atoms with E-state index < -0.39 is 11.8 Å². The van der Waals surface area contributed by atoms with Gasteiger partial charge in [-0.25, -0.2) is 5.06 Å². The number of hydroxylamine groups is 4. The van der Waals surface area contributed by atoms with Gasteiger partial charge in [0, 0.05) is 11.1 Å². The predicted octanol–water partition coefficient (Wildman–Crippen LogP) is 5.49. The standard InChI is InChI=1S/C27H26N2O3/c1-19-14-15-23-22(16-19)17-24(21-12-8-5-9-13-21)28-25(23)29(26(30)27(2,3)32-28)31-18-20-10-6-4-7-11-20/h4-17,25H,18H2,1-3H3. The van der Waals surface area contributed by atoms with Crippen molar-refractivity contribution < 1.29 is 14.5 Å². The van der Waals surface area contributed by atoms with Gasteiger partial charge in [-0.15, -0.1) is 0 Å². The first-order valence-electron chi connectivity index (χ1n) is 10.8. The lowest BCUT2D eigenvalue weighted by Gasteiger charge is -2.50. The summed E-state index contributed by atoms with van der Waals surface area (Å²) < 4.78 is 0. The smallest absolute Gasteiger partial charge is 0.269 e. The molecule has 0 bridgehead atoms. The van der Waals surface area contributed by atoms with Crippen LogP contribution in [0, 0.1) is 6.92 Å². The lowest BCUT2D eigenvalue weighted by atomic mass is 9.93. The molecule has 0 aliphatic carbocycles. The highest BCUT2D eigenvalue weighted by Crippen LogP contribution is 2.46. The molecule has 0 spiro atoms. The van der Waals surface area contributed by atoms with Crippen molar-refractivity contribution in [3.63, 3.8) is 0 Å². The van der Waals surface area contributed by atoms with E-state index in [1.54, 1.807) is 13.8 Å². The largest absolute Gasteiger partial charge is 0.282 e. The number of fused-ring (bicyclic) bond motifs is 3. The van der Waals surface area contributed by atoms with Crippen LogP contribution in [0.25, 0.3) is 11.8 Å². The van der Waals surface area contributed by atoms with Crippen molar-refractivity contribution in [1.29, 1.82) is 0 Å². The number of amides is 1. The number of carbonyl (C=O) groups is 1. The number of carbonyl (C=O) groups excluding carboxylic acids is 1. The minimum absolute atomic E-state index is 0.212. The van der Waals surface area contributed by atoms with Gasteiger partial charge in [0.25, 0.3) is 5.91 Å². The van der Waals surface area contributed by atoms with Crippen LogP contribution in [0.4, 0.5) is 0 Å². The highest BCUT2D eigenvalue weighted by molar-refractivity contribution is 5.88. The van der Waals surface area contributed by atoms with Crippen molar-refractivity contribution in [2.75, 3.05) is 0 Å². The Morgan fingerprint density at radius 3 is 2.38 bits per heavy atom. The van der Waals surface area contributed by atoms with Crippen molar-refractivity contribution in [3.8, 4) is 0 Å². The van der Waals surface area contributed by atoms with Gasteiger partial charge in [-0.2, -0.15) is 5.06 Å². The molecule has 1 saturated heterocycles. The first kappa shape index (κ1) is 20.5. The highest BCUT2D eigenvalue weighted by Gasteiger charge is 2.51. The van der Waals surface area contributed by atoms with Gasteiger partial charge in [0.2, 0.25) is 0 Å². The molecule has 2 aliphatic rings. The summed E-state index contributed by atoms with van der Waals surface area (Å²) in [5, 5.41) is 3.31. The van der Waals surface area contributed by atoms with E-state index in [9.17, 15) is 4.79 Å². The Labute approximate surface area is 188 Å². The molecule has 0 N–H and O–H groups in total. The zero-order valence-corrected chi connectivity index (χ0v) is 18.5. The Balaban J connectivity index is 1.61. The Bertz CT molecular complexity index is 1170. The maximum atomic E-state index is 13.5. The first-order valence-corrected chi connectivity index (χ1v) is 10.8. The lowest BCUT2D eigenvalue weighted by molar-refractivity contribution is -0.337. The van der Waals surface area contributed by atoms with Crippen LogP contribution >= 0.6 is 0 Å². The molecular weight excluding hydrogens is 400 g/mol. The van der Waals surface area contributed by atoms with Crippen molar-refractivity contribution >= 4 is 17.7 Å². The van der Waals surface area contributed by atoms with Crippen LogP contribution in [0.2, 0.25) is 0 Å². The fraction of sp³-hybridized carbons (Fsp3) is 0.222. The van der Waals surface area contributed by atoms with Gasteiger partial charge in [-0.3, -0.25) is 14.5 Å². The maximum absolute atomic E-state index is 13.5. The van der Waals surface area contributed by atoms with E-state index in [4.69, 9.17) is 9.68 Å². The van der Waals surface area contributed by atoms with E-state index in [0.717, 1.165) is 33.5 Å². The second-order valence-corrected chi connectivity index (χ2v) is 8.72. The quantitative estimate of drug-likeness (QED) is 0.553. The number of rotatable bonds is 4. The third-order valence-corrected chi connectivity index (χ3v) is 5.82. The van der Waals surface area contributed by atoms with Crippen LogP contribution in [0.15, 0.2) is 78.9 Å². The van der Waals surface area contributed by atoms with Gasteiger partial charge >= 0.3 is 0 Å². The molecule has 2 aliphatic heterocycles. The van der Waals surface area contributed by atoms with E-state index in [0.29, 0.717) is 6.61 Å². The van der Waals surface area contributed by atoms with E-state index in [1.807, 2.05) is 65.7 Å². The number of benzene rings is 3. The van der Waals surface area contributed by atoms with Gasteiger partial charge in [0.05, 0.1) is 5.70 Å². The second kappa shape index (κ2) is 7.93. The van der Waals surface area contributed by atoms with Crippen LogP contribution in [0.1, 0.15) is 47.8 Å². The molecule has 5 rings (SSSR count). The van der Waals surface area contributed by atoms with Gasteiger partial charge in [0.1, 0.15) is 6.61 Å². The normalized spacial score (nSPS) is 19.3. The molecule has 1 amide bonds. The number of nitrogens with zero attached hydrogens (tertiary/aromatic N) is 2. The fourth-order valence-corrected chi connectivity index (χ4v) is 4.17. The molecule has 5 nitrogen and oxygen atoms in total. The molecule has 1 unspecified atom stereocenters. The average molecular weight is 427 g/mol. The summed E-state index contributed by atoms with van der Waals surface area (Å²) in [6.45, 7) is 5.91. The van der Waals surface area contributed by atoms with Crippen molar-refractivity contribution in [2.45, 2.75) is 39.1 Å². The van der Waals surface area contributed by atoms with E-state index >= 15 is 0 Å². The maximum Gasteiger partial charge on any atom is 0.282 e. The molecule has 32 heavy (non-hydrogen) atoms. The van der Waals surface area contributed by atoms with Crippen LogP contribution in [-0.4, -0.2) is 21.6 Å². The monoisotopic (exact) mass is 426 g/mol. The lowest BCUT2D eigenvalue weighted by Crippen LogP contribution is -2.60. The molecule has 1 atom stereocenters. The predicted molar refractivity (Wildman–Crippen MR) is 123 cm³/mol. The summed E-state index contributed by atoms with van der Waals surface area (Å²) in [7, 11) is 0. The molecule has 1 fully saturated rings. The summed E-state index contributed by atoms with van der Waals surface area (Å²) in [4.78, 5) is 26.0. The fourth-order valence-electron chi connectivity index (χ4n) is 4.17. The summed E-state index contributed by atoms with van der Waals surface area (Å²) in [5.74, 6) is -0.212. The van der Waals surface area contributed by atoms with Crippen molar-refractivity contribution in [3.05, 3.63) is 107 Å². The van der Waals surface area contributed by atoms with Crippen LogP contribution in [-0.2, 0) is 21.1 Å². The number of hydrogen-bond donors (Lipinski definition) is 0. The average Bonchev–Trinajstić information content (AvgIpc) is 2.80. The number of aryl methyl sites for hydroxylation is 1. The van der Waals surface area contributed by atoms with Gasteiger partial charge in [0.15, 0.2) is 11.8 Å². The first-order chi connectivity index (χ1) is 15.4. The Hall–Kier alpha value is -3.41. The summed E-state index contributed by atoms with van der Waals surface area (Å²) in [5.41, 5.74) is 4.99. The minimum atomic E-state index is -1.08. The zero-order chi connectivity index (χ0) is 22.3. The SMILES string of the molecule is Cc1ccc2c(c1)C=C(c1ccccc1)N1OC(C)(C)C(=O)N(OCc3ccccc3)C21. The van der Waals surface area contributed by atoms with Gasteiger partial charge < -0.3 is 0 Å². The summed E-state index contributed by atoms with van der Waals surface area (Å²) in [6.07, 6.45) is 1.59. The Morgan fingerprint density at radius 2 is 1.66 bits per heavy atom. The molecule has 3 aromatic carbocycles. The zero-order valence-electron chi connectivity index (χ0n) is 18.5. The van der Waals surface area contributed by atoms with Gasteiger partial charge in [-0.05, 0) is 38.0 Å². The van der Waals surface area contributed by atoms with E-state index in [1.165, 1.54) is 5.06 Å². The second-order valence-electron chi connectivity index (χ2n) is 8.72.